The third-order valence-electron chi connectivity index (χ3n) is 4.00. The van der Waals surface area contributed by atoms with Crippen molar-refractivity contribution < 1.29 is 9.90 Å². The second kappa shape index (κ2) is 6.13. The third kappa shape index (κ3) is 3.24. The molecule has 0 aromatic carbocycles. The molecule has 3 heterocycles. The van der Waals surface area contributed by atoms with Gasteiger partial charge in [0.05, 0.1) is 18.6 Å². The van der Waals surface area contributed by atoms with Crippen LogP contribution in [0.3, 0.4) is 0 Å². The van der Waals surface area contributed by atoms with Crippen molar-refractivity contribution in [3.8, 4) is 0 Å². The van der Waals surface area contributed by atoms with E-state index in [4.69, 9.17) is 5.11 Å². The van der Waals surface area contributed by atoms with Gasteiger partial charge in [-0.1, -0.05) is 0 Å². The molecular formula is C15H19N5O2. The first-order valence-corrected chi connectivity index (χ1v) is 7.41. The normalized spacial score (nSPS) is 16.0. The van der Waals surface area contributed by atoms with E-state index in [-0.39, 0.29) is 5.69 Å². The van der Waals surface area contributed by atoms with E-state index in [0.29, 0.717) is 5.92 Å². The number of rotatable bonds is 4. The number of nitrogens with zero attached hydrogens (tertiary/aromatic N) is 5. The lowest BCUT2D eigenvalue weighted by Crippen LogP contribution is -2.35. The Balaban J connectivity index is 1.56. The fourth-order valence-corrected chi connectivity index (χ4v) is 2.77. The first-order valence-electron chi connectivity index (χ1n) is 7.41. The van der Waals surface area contributed by atoms with Crippen molar-refractivity contribution in [3.63, 3.8) is 0 Å². The quantitative estimate of drug-likeness (QED) is 0.923. The summed E-state index contributed by atoms with van der Waals surface area (Å²) in [5.41, 5.74) is 1.17. The van der Waals surface area contributed by atoms with Crippen LogP contribution in [0.5, 0.6) is 0 Å². The van der Waals surface area contributed by atoms with Gasteiger partial charge < -0.3 is 10.0 Å². The molecule has 0 saturated carbocycles. The topological polar surface area (TPSA) is 84.1 Å². The van der Waals surface area contributed by atoms with Crippen LogP contribution in [0.2, 0.25) is 0 Å². The minimum Gasteiger partial charge on any atom is -0.476 e. The van der Waals surface area contributed by atoms with Crippen molar-refractivity contribution in [2.24, 2.45) is 5.92 Å². The molecule has 116 valence electrons. The number of carboxylic acids is 1. The minimum atomic E-state index is -1.05. The van der Waals surface area contributed by atoms with Crippen LogP contribution in [0.1, 0.15) is 28.9 Å². The van der Waals surface area contributed by atoms with Crippen LogP contribution in [-0.2, 0) is 6.54 Å². The van der Waals surface area contributed by atoms with Crippen molar-refractivity contribution in [1.29, 1.82) is 0 Å². The highest BCUT2D eigenvalue weighted by atomic mass is 16.4. The molecule has 7 nitrogen and oxygen atoms in total. The molecule has 1 aliphatic rings. The van der Waals surface area contributed by atoms with E-state index < -0.39 is 5.97 Å². The van der Waals surface area contributed by atoms with Gasteiger partial charge in [0.15, 0.2) is 5.69 Å². The summed E-state index contributed by atoms with van der Waals surface area (Å²) < 4.78 is 2.01. The van der Waals surface area contributed by atoms with E-state index >= 15 is 0 Å². The lowest BCUT2D eigenvalue weighted by atomic mass is 9.97. The Morgan fingerprint density at radius 3 is 2.59 bits per heavy atom. The average molecular weight is 301 g/mol. The van der Waals surface area contributed by atoms with Crippen LogP contribution >= 0.6 is 0 Å². The molecule has 22 heavy (non-hydrogen) atoms. The zero-order valence-corrected chi connectivity index (χ0v) is 12.5. The fraction of sp³-hybridized carbons (Fsp3) is 0.467. The predicted molar refractivity (Wildman–Crippen MR) is 80.9 cm³/mol. The van der Waals surface area contributed by atoms with E-state index in [1.54, 1.807) is 6.20 Å². The highest BCUT2D eigenvalue weighted by Crippen LogP contribution is 2.22. The van der Waals surface area contributed by atoms with Gasteiger partial charge in [0, 0.05) is 25.8 Å². The van der Waals surface area contributed by atoms with Crippen LogP contribution in [0.15, 0.2) is 24.8 Å². The number of aromatic carboxylic acids is 1. The van der Waals surface area contributed by atoms with Crippen molar-refractivity contribution in [1.82, 2.24) is 19.7 Å². The number of carboxylic acid groups (broad SMARTS) is 1. The number of hydrogen-bond acceptors (Lipinski definition) is 5. The van der Waals surface area contributed by atoms with Gasteiger partial charge in [0.2, 0.25) is 0 Å². The van der Waals surface area contributed by atoms with E-state index in [0.717, 1.165) is 38.3 Å². The molecule has 1 saturated heterocycles. The Kier molecular flexibility index (Phi) is 4.04. The molecule has 0 amide bonds. The van der Waals surface area contributed by atoms with E-state index in [1.807, 2.05) is 17.8 Å². The maximum atomic E-state index is 10.8. The first kappa shape index (κ1) is 14.5. The maximum absolute atomic E-state index is 10.8. The summed E-state index contributed by atoms with van der Waals surface area (Å²) in [6, 6.07) is 0. The molecule has 0 bridgehead atoms. The van der Waals surface area contributed by atoms with Crippen molar-refractivity contribution in [2.75, 3.05) is 18.0 Å². The van der Waals surface area contributed by atoms with Crippen LogP contribution in [0.25, 0.3) is 0 Å². The zero-order valence-electron chi connectivity index (χ0n) is 12.5. The van der Waals surface area contributed by atoms with Gasteiger partial charge in [-0.2, -0.15) is 5.10 Å². The highest BCUT2D eigenvalue weighted by Gasteiger charge is 2.21. The van der Waals surface area contributed by atoms with Gasteiger partial charge in [-0.05, 0) is 31.2 Å². The Labute approximate surface area is 128 Å². The summed E-state index contributed by atoms with van der Waals surface area (Å²) in [6.07, 6.45) is 8.96. The van der Waals surface area contributed by atoms with Gasteiger partial charge >= 0.3 is 5.97 Å². The molecule has 3 rings (SSSR count). The SMILES string of the molecule is Cc1cnn(CC2CCN(c3cnc(C(=O)O)cn3)CC2)c1. The molecule has 2 aromatic heterocycles. The molecule has 1 aliphatic heterocycles. The van der Waals surface area contributed by atoms with Gasteiger partial charge in [-0.3, -0.25) is 4.68 Å². The Morgan fingerprint density at radius 2 is 2.05 bits per heavy atom. The zero-order chi connectivity index (χ0) is 15.5. The molecule has 0 spiro atoms. The van der Waals surface area contributed by atoms with Crippen molar-refractivity contribution >= 4 is 11.8 Å². The molecule has 2 aromatic rings. The Morgan fingerprint density at radius 1 is 1.27 bits per heavy atom. The second-order valence-corrected chi connectivity index (χ2v) is 5.74. The number of aromatic nitrogens is 4. The number of aryl methyl sites for hydroxylation is 1. The monoisotopic (exact) mass is 301 g/mol. The number of carbonyl (C=O) groups is 1. The van der Waals surface area contributed by atoms with Crippen molar-refractivity contribution in [2.45, 2.75) is 26.3 Å². The number of piperidine rings is 1. The van der Waals surface area contributed by atoms with Crippen LogP contribution in [-0.4, -0.2) is 43.9 Å². The summed E-state index contributed by atoms with van der Waals surface area (Å²) in [5.74, 6) is 0.312. The molecule has 7 heteroatoms. The lowest BCUT2D eigenvalue weighted by Gasteiger charge is -2.32. The van der Waals surface area contributed by atoms with Gasteiger partial charge in [0.25, 0.3) is 0 Å². The second-order valence-electron chi connectivity index (χ2n) is 5.74. The van der Waals surface area contributed by atoms with Gasteiger partial charge in [-0.15, -0.1) is 0 Å². The molecular weight excluding hydrogens is 282 g/mol. The fourth-order valence-electron chi connectivity index (χ4n) is 2.77. The Bertz CT molecular complexity index is 644. The predicted octanol–water partition coefficient (Wildman–Crippen LogP) is 1.60. The first-order chi connectivity index (χ1) is 10.6. The summed E-state index contributed by atoms with van der Waals surface area (Å²) >= 11 is 0. The van der Waals surface area contributed by atoms with Crippen LogP contribution < -0.4 is 4.90 Å². The van der Waals surface area contributed by atoms with Crippen molar-refractivity contribution in [3.05, 3.63) is 36.0 Å². The Hall–Kier alpha value is -2.44. The smallest absolute Gasteiger partial charge is 0.356 e. The highest BCUT2D eigenvalue weighted by molar-refractivity contribution is 5.84. The minimum absolute atomic E-state index is 0.0207. The van der Waals surface area contributed by atoms with E-state index in [1.165, 1.54) is 11.8 Å². The molecule has 0 unspecified atom stereocenters. The van der Waals surface area contributed by atoms with Crippen LogP contribution in [0.4, 0.5) is 5.82 Å². The third-order valence-corrected chi connectivity index (χ3v) is 4.00. The molecule has 1 fully saturated rings. The largest absolute Gasteiger partial charge is 0.476 e. The van der Waals surface area contributed by atoms with E-state index in [9.17, 15) is 4.79 Å². The van der Waals surface area contributed by atoms with E-state index in [2.05, 4.69) is 26.2 Å². The number of hydrogen-bond donors (Lipinski definition) is 1. The standard InChI is InChI=1S/C15H19N5O2/c1-11-6-18-20(9-11)10-12-2-4-19(5-3-12)14-8-16-13(7-17-14)15(21)22/h6-9,12H,2-5,10H2,1H3,(H,21,22). The van der Waals surface area contributed by atoms with Gasteiger partial charge in [-0.25, -0.2) is 14.8 Å². The number of anilines is 1. The summed E-state index contributed by atoms with van der Waals surface area (Å²) in [5, 5.41) is 13.2. The summed E-state index contributed by atoms with van der Waals surface area (Å²) in [4.78, 5) is 21.1. The van der Waals surface area contributed by atoms with Crippen LogP contribution in [0, 0.1) is 12.8 Å². The molecule has 0 aliphatic carbocycles. The molecule has 0 atom stereocenters. The lowest BCUT2D eigenvalue weighted by molar-refractivity contribution is 0.0690. The summed E-state index contributed by atoms with van der Waals surface area (Å²) in [6.45, 7) is 4.81. The summed E-state index contributed by atoms with van der Waals surface area (Å²) in [7, 11) is 0. The molecule has 0 radical (unpaired) electrons. The van der Waals surface area contributed by atoms with Gasteiger partial charge in [0.1, 0.15) is 5.82 Å². The average Bonchev–Trinajstić information content (AvgIpc) is 2.93. The molecule has 1 N–H and O–H groups in total. The maximum Gasteiger partial charge on any atom is 0.356 e.